The molecule has 2 aromatic carbocycles. The topological polar surface area (TPSA) is 118 Å². The fourth-order valence-electron chi connectivity index (χ4n) is 2.95. The summed E-state index contributed by atoms with van der Waals surface area (Å²) in [5.41, 5.74) is 0.794. The Morgan fingerprint density at radius 1 is 1.16 bits per heavy atom. The third-order valence-corrected chi connectivity index (χ3v) is 4.54. The molecule has 0 radical (unpaired) electrons. The predicted octanol–water partition coefficient (Wildman–Crippen LogP) is 3.34. The number of nitrogens with one attached hydrogen (secondary N) is 1. The van der Waals surface area contributed by atoms with E-state index in [2.05, 4.69) is 10.4 Å². The van der Waals surface area contributed by atoms with Crippen LogP contribution in [0.1, 0.15) is 29.0 Å². The molecule has 1 N–H and O–H groups in total. The van der Waals surface area contributed by atoms with Gasteiger partial charge in [0.05, 0.1) is 25.2 Å². The van der Waals surface area contributed by atoms with E-state index in [0.717, 1.165) is 5.56 Å². The summed E-state index contributed by atoms with van der Waals surface area (Å²) in [6, 6.07) is 12.5. The average Bonchev–Trinajstić information content (AvgIpc) is 3.26. The summed E-state index contributed by atoms with van der Waals surface area (Å²) in [6.07, 6.45) is 1.56. The van der Waals surface area contributed by atoms with Gasteiger partial charge in [0.25, 0.3) is 5.91 Å². The molecule has 0 saturated heterocycles. The number of aromatic nitrogens is 2. The maximum absolute atomic E-state index is 12.6. The molecule has 0 aliphatic heterocycles. The van der Waals surface area contributed by atoms with Crippen molar-refractivity contribution in [2.75, 3.05) is 14.2 Å². The lowest BCUT2D eigenvalue weighted by Gasteiger charge is -2.17. The predicted molar refractivity (Wildman–Crippen MR) is 111 cm³/mol. The van der Waals surface area contributed by atoms with Gasteiger partial charge in [-0.25, -0.2) is 4.68 Å². The zero-order chi connectivity index (χ0) is 22.4. The third kappa shape index (κ3) is 5.10. The summed E-state index contributed by atoms with van der Waals surface area (Å²) in [5.74, 6) is 1.000. The van der Waals surface area contributed by atoms with Crippen LogP contribution in [0, 0.1) is 10.1 Å². The minimum atomic E-state index is -0.522. The van der Waals surface area contributed by atoms with Crippen LogP contribution < -0.4 is 19.5 Å². The van der Waals surface area contributed by atoms with Crippen molar-refractivity contribution < 1.29 is 23.9 Å². The van der Waals surface area contributed by atoms with Crippen LogP contribution in [0.3, 0.4) is 0 Å². The summed E-state index contributed by atoms with van der Waals surface area (Å²) in [7, 11) is 3.12. The molecule has 0 spiro atoms. The second-order valence-electron chi connectivity index (χ2n) is 6.54. The van der Waals surface area contributed by atoms with E-state index in [0.29, 0.717) is 11.5 Å². The summed E-state index contributed by atoms with van der Waals surface area (Å²) in [5, 5.41) is 18.1. The van der Waals surface area contributed by atoms with Gasteiger partial charge in [0.1, 0.15) is 17.2 Å². The first kappa shape index (κ1) is 21.6. The van der Waals surface area contributed by atoms with Gasteiger partial charge in [0.15, 0.2) is 12.5 Å². The van der Waals surface area contributed by atoms with E-state index in [9.17, 15) is 14.9 Å². The van der Waals surface area contributed by atoms with Crippen molar-refractivity contribution in [2.45, 2.75) is 19.7 Å². The van der Waals surface area contributed by atoms with Crippen LogP contribution in [0.5, 0.6) is 17.2 Å². The van der Waals surface area contributed by atoms with E-state index in [1.807, 2.05) is 6.92 Å². The Kier molecular flexibility index (Phi) is 6.71. The Labute approximate surface area is 178 Å². The number of methoxy groups -OCH3 is 2. The monoisotopic (exact) mass is 426 g/mol. The van der Waals surface area contributed by atoms with Gasteiger partial charge in [-0.2, -0.15) is 5.10 Å². The van der Waals surface area contributed by atoms with Crippen molar-refractivity contribution >= 4 is 11.6 Å². The van der Waals surface area contributed by atoms with Crippen molar-refractivity contribution in [1.82, 2.24) is 15.1 Å². The minimum absolute atomic E-state index is 0.0859. The molecule has 162 valence electrons. The standard InChI is InChI=1S/C21H22N4O6/c1-14(16-12-15(29-2)8-9-19(16)30-3)22-21(26)17-10-11-24(23-17)13-31-20-7-5-4-6-18(20)25(27)28/h4-12,14H,13H2,1-3H3,(H,22,26). The molecule has 3 rings (SSSR count). The number of rotatable bonds is 9. The van der Waals surface area contributed by atoms with Gasteiger partial charge in [-0.3, -0.25) is 14.9 Å². The number of ether oxygens (including phenoxy) is 3. The Bertz CT molecular complexity index is 1080. The number of carbonyl (C=O) groups excluding carboxylic acids is 1. The molecule has 10 nitrogen and oxygen atoms in total. The molecule has 1 amide bonds. The van der Waals surface area contributed by atoms with Crippen LogP contribution in [-0.2, 0) is 6.73 Å². The Morgan fingerprint density at radius 3 is 2.65 bits per heavy atom. The summed E-state index contributed by atoms with van der Waals surface area (Å²) in [6.45, 7) is 1.74. The molecule has 1 heterocycles. The van der Waals surface area contributed by atoms with Crippen molar-refractivity contribution in [3.05, 3.63) is 76.1 Å². The number of carbonyl (C=O) groups is 1. The van der Waals surface area contributed by atoms with Crippen LogP contribution in [0.15, 0.2) is 54.7 Å². The molecule has 1 aromatic heterocycles. The van der Waals surface area contributed by atoms with E-state index >= 15 is 0 Å². The fourth-order valence-corrected chi connectivity index (χ4v) is 2.95. The molecule has 10 heteroatoms. The average molecular weight is 426 g/mol. The second kappa shape index (κ2) is 9.61. The number of nitro groups is 1. The highest BCUT2D eigenvalue weighted by atomic mass is 16.6. The van der Waals surface area contributed by atoms with Crippen LogP contribution >= 0.6 is 0 Å². The molecule has 3 aromatic rings. The highest BCUT2D eigenvalue weighted by Gasteiger charge is 2.18. The molecule has 0 aliphatic carbocycles. The van der Waals surface area contributed by atoms with Crippen LogP contribution in [0.2, 0.25) is 0 Å². The molecule has 0 saturated carbocycles. The molecular formula is C21H22N4O6. The number of hydrogen-bond donors (Lipinski definition) is 1. The molecule has 1 atom stereocenters. The smallest absolute Gasteiger partial charge is 0.311 e. The number of benzene rings is 2. The third-order valence-electron chi connectivity index (χ3n) is 4.54. The molecule has 1 unspecified atom stereocenters. The Balaban J connectivity index is 1.66. The normalized spacial score (nSPS) is 11.5. The number of nitro benzene ring substituents is 1. The highest BCUT2D eigenvalue weighted by molar-refractivity contribution is 5.92. The van der Waals surface area contributed by atoms with Crippen molar-refractivity contribution in [3.8, 4) is 17.2 Å². The SMILES string of the molecule is COc1ccc(OC)c(C(C)NC(=O)c2ccn(COc3ccccc3[N+](=O)[O-])n2)c1. The molecule has 0 fully saturated rings. The van der Waals surface area contributed by atoms with E-state index in [1.54, 1.807) is 50.7 Å². The Hall–Kier alpha value is -4.08. The maximum Gasteiger partial charge on any atom is 0.311 e. The lowest BCUT2D eigenvalue weighted by molar-refractivity contribution is -0.386. The lowest BCUT2D eigenvalue weighted by atomic mass is 10.1. The first-order chi connectivity index (χ1) is 14.9. The van der Waals surface area contributed by atoms with Crippen LogP contribution in [0.25, 0.3) is 0 Å². The highest BCUT2D eigenvalue weighted by Crippen LogP contribution is 2.29. The molecule has 0 bridgehead atoms. The van der Waals surface area contributed by atoms with Gasteiger partial charge in [-0.05, 0) is 37.3 Å². The zero-order valence-corrected chi connectivity index (χ0v) is 17.3. The van der Waals surface area contributed by atoms with E-state index in [4.69, 9.17) is 14.2 Å². The van der Waals surface area contributed by atoms with Crippen LogP contribution in [0.4, 0.5) is 5.69 Å². The quantitative estimate of drug-likeness (QED) is 0.412. The van der Waals surface area contributed by atoms with Gasteiger partial charge in [0, 0.05) is 17.8 Å². The number of hydrogen-bond acceptors (Lipinski definition) is 7. The summed E-state index contributed by atoms with van der Waals surface area (Å²) >= 11 is 0. The number of nitrogens with zero attached hydrogens (tertiary/aromatic N) is 3. The van der Waals surface area contributed by atoms with Gasteiger partial charge >= 0.3 is 5.69 Å². The van der Waals surface area contributed by atoms with E-state index in [-0.39, 0.29) is 35.8 Å². The second-order valence-corrected chi connectivity index (χ2v) is 6.54. The van der Waals surface area contributed by atoms with Crippen molar-refractivity contribution in [2.24, 2.45) is 0 Å². The van der Waals surface area contributed by atoms with Crippen LogP contribution in [-0.4, -0.2) is 34.8 Å². The van der Waals surface area contributed by atoms with Gasteiger partial charge < -0.3 is 19.5 Å². The summed E-state index contributed by atoms with van der Waals surface area (Å²) in [4.78, 5) is 23.2. The minimum Gasteiger partial charge on any atom is -0.497 e. The number of para-hydroxylation sites is 2. The maximum atomic E-state index is 12.6. The van der Waals surface area contributed by atoms with Gasteiger partial charge in [-0.15, -0.1) is 0 Å². The first-order valence-electron chi connectivity index (χ1n) is 9.35. The molecule has 0 aliphatic rings. The Morgan fingerprint density at radius 2 is 1.94 bits per heavy atom. The summed E-state index contributed by atoms with van der Waals surface area (Å²) < 4.78 is 17.5. The fraction of sp³-hybridized carbons (Fsp3) is 0.238. The zero-order valence-electron chi connectivity index (χ0n) is 17.3. The van der Waals surface area contributed by atoms with Gasteiger partial charge in [-0.1, -0.05) is 12.1 Å². The van der Waals surface area contributed by atoms with E-state index < -0.39 is 4.92 Å². The van der Waals surface area contributed by atoms with E-state index in [1.165, 1.54) is 22.9 Å². The first-order valence-corrected chi connectivity index (χ1v) is 9.35. The van der Waals surface area contributed by atoms with Crippen molar-refractivity contribution in [3.63, 3.8) is 0 Å². The molecular weight excluding hydrogens is 404 g/mol. The largest absolute Gasteiger partial charge is 0.497 e. The number of amides is 1. The van der Waals surface area contributed by atoms with Crippen molar-refractivity contribution in [1.29, 1.82) is 0 Å². The molecule has 31 heavy (non-hydrogen) atoms. The lowest BCUT2D eigenvalue weighted by Crippen LogP contribution is -2.27. The van der Waals surface area contributed by atoms with Gasteiger partial charge in [0.2, 0.25) is 0 Å².